The van der Waals surface area contributed by atoms with Crippen molar-refractivity contribution >= 4 is 15.7 Å². The molecule has 0 spiro atoms. The molecule has 1 amide bonds. The molecule has 3 N–H and O–H groups in total. The fourth-order valence-corrected chi connectivity index (χ4v) is 1.66. The first-order valence-corrected chi connectivity index (χ1v) is 6.90. The molecule has 0 aromatic heterocycles. The van der Waals surface area contributed by atoms with Gasteiger partial charge in [-0.15, -0.1) is 0 Å². The van der Waals surface area contributed by atoms with Gasteiger partial charge in [-0.25, -0.2) is 8.42 Å². The van der Waals surface area contributed by atoms with E-state index in [1.54, 1.807) is 6.92 Å². The predicted octanol–water partition coefficient (Wildman–Crippen LogP) is -0.478. The Balaban J connectivity index is 3.74. The molecule has 0 aliphatic rings. The molecule has 0 aromatic rings. The Morgan fingerprint density at radius 1 is 1.47 bits per heavy atom. The molecule has 0 heterocycles. The highest BCUT2D eigenvalue weighted by atomic mass is 32.2. The van der Waals surface area contributed by atoms with Crippen LogP contribution in [-0.4, -0.2) is 38.9 Å². The molecule has 0 aliphatic carbocycles. The second-order valence-corrected chi connectivity index (χ2v) is 6.10. The summed E-state index contributed by atoms with van der Waals surface area (Å²) in [5.74, 6) is 0.112. The first kappa shape index (κ1) is 14.4. The topological polar surface area (TPSA) is 89.3 Å². The molecule has 0 saturated heterocycles. The highest BCUT2D eigenvalue weighted by Gasteiger charge is 2.10. The number of hydrogen-bond donors (Lipinski definition) is 2. The Morgan fingerprint density at radius 2 is 2.07 bits per heavy atom. The highest BCUT2D eigenvalue weighted by molar-refractivity contribution is 7.91. The summed E-state index contributed by atoms with van der Waals surface area (Å²) in [4.78, 5) is 11.2. The maximum atomic E-state index is 11.2. The quantitative estimate of drug-likeness (QED) is 0.625. The van der Waals surface area contributed by atoms with Crippen LogP contribution in [0.5, 0.6) is 0 Å². The molecule has 1 unspecified atom stereocenters. The van der Waals surface area contributed by atoms with E-state index in [2.05, 4.69) is 5.32 Å². The Bertz CT molecular complexity index is 288. The van der Waals surface area contributed by atoms with Gasteiger partial charge in [0.15, 0.2) is 9.84 Å². The summed E-state index contributed by atoms with van der Waals surface area (Å²) >= 11 is 0. The number of hydrogen-bond acceptors (Lipinski definition) is 4. The third-order valence-corrected chi connectivity index (χ3v) is 3.82. The van der Waals surface area contributed by atoms with E-state index in [0.717, 1.165) is 0 Å². The van der Waals surface area contributed by atoms with Crippen LogP contribution in [0.3, 0.4) is 0 Å². The van der Waals surface area contributed by atoms with Gasteiger partial charge in [0.1, 0.15) is 0 Å². The summed E-state index contributed by atoms with van der Waals surface area (Å²) in [5, 5.41) is 2.56. The molecule has 0 radical (unpaired) electrons. The predicted molar refractivity (Wildman–Crippen MR) is 60.2 cm³/mol. The van der Waals surface area contributed by atoms with Crippen molar-refractivity contribution in [3.8, 4) is 0 Å². The van der Waals surface area contributed by atoms with Crippen molar-refractivity contribution < 1.29 is 13.2 Å². The molecule has 1 atom stereocenters. The molecule has 15 heavy (non-hydrogen) atoms. The molecule has 6 heteroatoms. The summed E-state index contributed by atoms with van der Waals surface area (Å²) in [5.41, 5.74) is 5.36. The number of nitrogens with two attached hydrogens (primary N) is 1. The van der Waals surface area contributed by atoms with Crippen LogP contribution < -0.4 is 11.1 Å². The summed E-state index contributed by atoms with van der Waals surface area (Å²) in [7, 11) is -2.99. The minimum Gasteiger partial charge on any atom is -0.355 e. The third-order valence-electron chi connectivity index (χ3n) is 2.11. The van der Waals surface area contributed by atoms with Crippen LogP contribution in [0.25, 0.3) is 0 Å². The van der Waals surface area contributed by atoms with Crippen LogP contribution in [0.2, 0.25) is 0 Å². The van der Waals surface area contributed by atoms with E-state index in [4.69, 9.17) is 5.73 Å². The van der Waals surface area contributed by atoms with Crippen LogP contribution in [0.4, 0.5) is 0 Å². The normalized spacial score (nSPS) is 13.5. The maximum Gasteiger partial charge on any atom is 0.220 e. The Labute approximate surface area is 91.3 Å². The fraction of sp³-hybridized carbons (Fsp3) is 0.889. The zero-order valence-electron chi connectivity index (χ0n) is 9.32. The minimum absolute atomic E-state index is 0.00620. The highest BCUT2D eigenvalue weighted by Crippen LogP contribution is 1.97. The molecule has 5 nitrogen and oxygen atoms in total. The number of carbonyl (C=O) groups is 1. The van der Waals surface area contributed by atoms with Crippen molar-refractivity contribution in [2.75, 3.05) is 24.6 Å². The van der Waals surface area contributed by atoms with Gasteiger partial charge in [0.25, 0.3) is 0 Å². The molecule has 0 aromatic carbocycles. The summed E-state index contributed by atoms with van der Waals surface area (Å²) in [6, 6.07) is 0. The van der Waals surface area contributed by atoms with Crippen molar-refractivity contribution in [2.24, 2.45) is 11.7 Å². The molecular formula is C9H20N2O3S. The molecule has 0 aliphatic heterocycles. The second-order valence-electron chi connectivity index (χ2n) is 3.63. The van der Waals surface area contributed by atoms with Gasteiger partial charge in [-0.05, 0) is 12.5 Å². The van der Waals surface area contributed by atoms with Crippen molar-refractivity contribution in [3.63, 3.8) is 0 Å². The minimum atomic E-state index is -2.99. The van der Waals surface area contributed by atoms with Crippen LogP contribution in [-0.2, 0) is 14.6 Å². The fourth-order valence-electron chi connectivity index (χ4n) is 0.962. The largest absolute Gasteiger partial charge is 0.355 e. The Kier molecular flexibility index (Phi) is 6.51. The van der Waals surface area contributed by atoms with Gasteiger partial charge in [-0.1, -0.05) is 13.8 Å². The van der Waals surface area contributed by atoms with Gasteiger partial charge in [0, 0.05) is 18.7 Å². The van der Waals surface area contributed by atoms with E-state index < -0.39 is 9.84 Å². The van der Waals surface area contributed by atoms with Crippen molar-refractivity contribution in [3.05, 3.63) is 0 Å². The maximum absolute atomic E-state index is 11.2. The van der Waals surface area contributed by atoms with Crippen LogP contribution in [0.15, 0.2) is 0 Å². The smallest absolute Gasteiger partial charge is 0.220 e. The number of rotatable bonds is 7. The monoisotopic (exact) mass is 236 g/mol. The lowest BCUT2D eigenvalue weighted by Gasteiger charge is -2.08. The molecule has 0 rings (SSSR count). The van der Waals surface area contributed by atoms with E-state index in [1.807, 2.05) is 6.92 Å². The molecular weight excluding hydrogens is 216 g/mol. The standard InChI is InChI=1S/C9H20N2O3S/c1-3-15(13,14)5-4-11-9(12)6-8(2)7-10/h8H,3-7,10H2,1-2H3,(H,11,12). The molecule has 90 valence electrons. The number of nitrogens with one attached hydrogen (secondary N) is 1. The summed E-state index contributed by atoms with van der Waals surface area (Å²) in [6.07, 6.45) is 0.350. The van der Waals surface area contributed by atoms with Crippen LogP contribution in [0, 0.1) is 5.92 Å². The molecule has 0 bridgehead atoms. The zero-order chi connectivity index (χ0) is 11.9. The number of carbonyl (C=O) groups excluding carboxylic acids is 1. The van der Waals surface area contributed by atoms with Crippen molar-refractivity contribution in [2.45, 2.75) is 20.3 Å². The van der Waals surface area contributed by atoms with E-state index >= 15 is 0 Å². The number of amides is 1. The summed E-state index contributed by atoms with van der Waals surface area (Å²) in [6.45, 7) is 4.11. The average molecular weight is 236 g/mol. The van der Waals surface area contributed by atoms with Crippen LogP contribution >= 0.6 is 0 Å². The van der Waals surface area contributed by atoms with E-state index in [0.29, 0.717) is 13.0 Å². The summed E-state index contributed by atoms with van der Waals surface area (Å²) < 4.78 is 22.2. The molecule has 0 fully saturated rings. The van der Waals surface area contributed by atoms with E-state index in [1.165, 1.54) is 0 Å². The Hall–Kier alpha value is -0.620. The van der Waals surface area contributed by atoms with E-state index in [9.17, 15) is 13.2 Å². The van der Waals surface area contributed by atoms with Gasteiger partial charge in [0.05, 0.1) is 5.75 Å². The Morgan fingerprint density at radius 3 is 2.53 bits per heavy atom. The zero-order valence-corrected chi connectivity index (χ0v) is 10.1. The first-order valence-electron chi connectivity index (χ1n) is 5.08. The third kappa shape index (κ3) is 7.33. The average Bonchev–Trinajstić information content (AvgIpc) is 2.17. The lowest BCUT2D eigenvalue weighted by atomic mass is 10.1. The molecule has 0 saturated carbocycles. The lowest BCUT2D eigenvalue weighted by Crippen LogP contribution is -2.31. The van der Waals surface area contributed by atoms with Crippen molar-refractivity contribution in [1.82, 2.24) is 5.32 Å². The van der Waals surface area contributed by atoms with E-state index in [-0.39, 0.29) is 29.9 Å². The van der Waals surface area contributed by atoms with Gasteiger partial charge >= 0.3 is 0 Å². The van der Waals surface area contributed by atoms with Gasteiger partial charge in [-0.3, -0.25) is 4.79 Å². The van der Waals surface area contributed by atoms with Gasteiger partial charge < -0.3 is 11.1 Å². The SMILES string of the molecule is CCS(=O)(=O)CCNC(=O)CC(C)CN. The lowest BCUT2D eigenvalue weighted by molar-refractivity contribution is -0.121. The van der Waals surface area contributed by atoms with Crippen molar-refractivity contribution in [1.29, 1.82) is 0 Å². The van der Waals surface area contributed by atoms with Crippen LogP contribution in [0.1, 0.15) is 20.3 Å². The first-order chi connectivity index (χ1) is 6.91. The number of sulfone groups is 1. The van der Waals surface area contributed by atoms with Gasteiger partial charge in [-0.2, -0.15) is 0 Å². The second kappa shape index (κ2) is 6.79. The van der Waals surface area contributed by atoms with Gasteiger partial charge in [0.2, 0.25) is 5.91 Å².